The molecule has 8 heteroatoms. The molecule has 1 fully saturated rings. The van der Waals surface area contributed by atoms with Crippen molar-refractivity contribution in [1.29, 1.82) is 0 Å². The molecule has 3 rings (SSSR count). The van der Waals surface area contributed by atoms with Crippen LogP contribution >= 0.6 is 11.8 Å². The van der Waals surface area contributed by atoms with Crippen LogP contribution in [0.4, 0.5) is 4.79 Å². The van der Waals surface area contributed by atoms with E-state index in [1.807, 2.05) is 26.8 Å². The number of furan rings is 1. The summed E-state index contributed by atoms with van der Waals surface area (Å²) < 4.78 is 10.7. The Kier molecular flexibility index (Phi) is 6.28. The molecule has 0 atom stereocenters. The van der Waals surface area contributed by atoms with Crippen LogP contribution in [0, 0.1) is 0 Å². The number of nitrogens with zero attached hydrogens (tertiary/aromatic N) is 3. The molecule has 0 spiro atoms. The summed E-state index contributed by atoms with van der Waals surface area (Å²) in [5, 5.41) is 0. The van der Waals surface area contributed by atoms with Gasteiger partial charge in [0.25, 0.3) is 0 Å². The zero-order valence-electron chi connectivity index (χ0n) is 17.2. The van der Waals surface area contributed by atoms with E-state index in [0.29, 0.717) is 30.4 Å². The van der Waals surface area contributed by atoms with E-state index >= 15 is 0 Å². The maximum atomic E-state index is 12.2. The number of rotatable bonds is 5. The van der Waals surface area contributed by atoms with Gasteiger partial charge < -0.3 is 24.7 Å². The zero-order chi connectivity index (χ0) is 21.0. The number of hydrogen-bond acceptors (Lipinski definition) is 6. The summed E-state index contributed by atoms with van der Waals surface area (Å²) in [6, 6.07) is 3.53. The van der Waals surface area contributed by atoms with Crippen LogP contribution in [-0.4, -0.2) is 59.8 Å². The highest BCUT2D eigenvalue weighted by Crippen LogP contribution is 2.33. The number of amides is 1. The number of aliphatic imine (C=N–C) groups is 1. The number of allylic oxidation sites excluding steroid dienone is 1. The lowest BCUT2D eigenvalue weighted by Crippen LogP contribution is -2.40. The van der Waals surface area contributed by atoms with E-state index in [-0.39, 0.29) is 6.09 Å². The van der Waals surface area contributed by atoms with Crippen LogP contribution < -0.4 is 5.73 Å². The van der Waals surface area contributed by atoms with Crippen molar-refractivity contribution in [1.82, 2.24) is 9.80 Å². The van der Waals surface area contributed by atoms with Crippen molar-refractivity contribution < 1.29 is 13.9 Å². The van der Waals surface area contributed by atoms with Crippen molar-refractivity contribution >= 4 is 23.7 Å². The molecular formula is C21H26N4O3S. The topological polar surface area (TPSA) is 84.3 Å². The summed E-state index contributed by atoms with van der Waals surface area (Å²) in [7, 11) is 1.75. The standard InChI is InChI=1S/C21H26N4O3S/c1-21(2,3)28-20(26)24(4)9-10-25-11-13-29-18-14-15(7-8-16(18)25)23-19(22)17-6-5-12-27-17/h5-6,12,14H,9-11,13H2,1-4H3,(H2,22,23). The lowest BCUT2D eigenvalue weighted by molar-refractivity contribution is 0.0289. The number of ether oxygens (including phenoxy) is 1. The molecule has 0 saturated carbocycles. The minimum Gasteiger partial charge on any atom is -0.461 e. The molecule has 29 heavy (non-hydrogen) atoms. The molecule has 0 aromatic carbocycles. The predicted octanol–water partition coefficient (Wildman–Crippen LogP) is 3.32. The van der Waals surface area contributed by atoms with Gasteiger partial charge in [0.2, 0.25) is 0 Å². The van der Waals surface area contributed by atoms with Crippen molar-refractivity contribution in [3.8, 4) is 0 Å². The predicted molar refractivity (Wildman–Crippen MR) is 114 cm³/mol. The van der Waals surface area contributed by atoms with Crippen molar-refractivity contribution in [2.45, 2.75) is 26.4 Å². The molecule has 1 aromatic heterocycles. The Balaban J connectivity index is 1.70. The van der Waals surface area contributed by atoms with Crippen LogP contribution in [0.3, 0.4) is 0 Å². The number of carbonyl (C=O) groups excluding carboxylic acids is 1. The Bertz CT molecular complexity index is 928. The van der Waals surface area contributed by atoms with Gasteiger partial charge in [0.15, 0.2) is 11.6 Å². The number of likely N-dealkylation sites (N-methyl/N-ethyl adjacent to an activating group) is 1. The van der Waals surface area contributed by atoms with Gasteiger partial charge in [-0.2, -0.15) is 0 Å². The third-order valence-electron chi connectivity index (χ3n) is 4.17. The first-order valence-corrected chi connectivity index (χ1v) is 10.4. The number of amidine groups is 1. The first-order chi connectivity index (χ1) is 13.7. The van der Waals surface area contributed by atoms with Crippen molar-refractivity contribution in [3.05, 3.63) is 58.0 Å². The molecule has 2 heterocycles. The van der Waals surface area contributed by atoms with E-state index in [1.165, 1.54) is 0 Å². The fourth-order valence-electron chi connectivity index (χ4n) is 2.73. The molecule has 1 aliphatic carbocycles. The zero-order valence-corrected chi connectivity index (χ0v) is 18.0. The van der Waals surface area contributed by atoms with Crippen LogP contribution in [0.1, 0.15) is 26.5 Å². The van der Waals surface area contributed by atoms with E-state index < -0.39 is 5.60 Å². The molecule has 0 unspecified atom stereocenters. The first kappa shape index (κ1) is 20.9. The Hall–Kier alpha value is -2.79. The summed E-state index contributed by atoms with van der Waals surface area (Å²) in [6.45, 7) is 7.70. The van der Waals surface area contributed by atoms with Crippen LogP contribution in [0.15, 0.2) is 61.6 Å². The smallest absolute Gasteiger partial charge is 0.410 e. The number of hydrogen-bond donors (Lipinski definition) is 1. The quantitative estimate of drug-likeness (QED) is 0.452. The average molecular weight is 415 g/mol. The lowest BCUT2D eigenvalue weighted by atomic mass is 10.2. The molecule has 0 radical (unpaired) electrons. The molecule has 2 N–H and O–H groups in total. The molecular weight excluding hydrogens is 388 g/mol. The van der Waals surface area contributed by atoms with Gasteiger partial charge in [-0.3, -0.25) is 0 Å². The van der Waals surface area contributed by atoms with Gasteiger partial charge in [0.05, 0.1) is 6.26 Å². The Morgan fingerprint density at radius 2 is 2.24 bits per heavy atom. The van der Waals surface area contributed by atoms with E-state index in [9.17, 15) is 4.79 Å². The number of carbonyl (C=O) groups is 1. The fourth-order valence-corrected chi connectivity index (χ4v) is 3.77. The van der Waals surface area contributed by atoms with Gasteiger partial charge in [-0.1, -0.05) is 0 Å². The molecule has 1 aliphatic heterocycles. The van der Waals surface area contributed by atoms with Gasteiger partial charge in [0, 0.05) is 37.3 Å². The van der Waals surface area contributed by atoms with E-state index in [4.69, 9.17) is 14.9 Å². The summed E-state index contributed by atoms with van der Waals surface area (Å²) in [5.41, 5.74) is 13.3. The van der Waals surface area contributed by atoms with Gasteiger partial charge >= 0.3 is 6.09 Å². The second-order valence-electron chi connectivity index (χ2n) is 7.70. The first-order valence-electron chi connectivity index (χ1n) is 9.41. The van der Waals surface area contributed by atoms with Gasteiger partial charge in [-0.15, -0.1) is 11.8 Å². The average Bonchev–Trinajstić information content (AvgIpc) is 3.19. The van der Waals surface area contributed by atoms with Crippen LogP contribution in [-0.2, 0) is 4.74 Å². The lowest BCUT2D eigenvalue weighted by Gasteiger charge is -2.33. The van der Waals surface area contributed by atoms with Crippen LogP contribution in [0.2, 0.25) is 0 Å². The van der Waals surface area contributed by atoms with E-state index in [0.717, 1.165) is 22.9 Å². The Morgan fingerprint density at radius 3 is 2.93 bits per heavy atom. The molecule has 7 nitrogen and oxygen atoms in total. The molecule has 0 bridgehead atoms. The molecule has 1 aromatic rings. The number of nitrogens with two attached hydrogens (primary N) is 1. The Labute approximate surface area is 175 Å². The van der Waals surface area contributed by atoms with Gasteiger partial charge in [0.1, 0.15) is 17.0 Å². The highest BCUT2D eigenvalue weighted by Gasteiger charge is 2.24. The fraction of sp³-hybridized carbons (Fsp3) is 0.429. The Morgan fingerprint density at radius 1 is 1.45 bits per heavy atom. The van der Waals surface area contributed by atoms with E-state index in [2.05, 4.69) is 21.4 Å². The maximum Gasteiger partial charge on any atom is 0.410 e. The highest BCUT2D eigenvalue weighted by atomic mass is 32.2. The van der Waals surface area contributed by atoms with Crippen molar-refractivity contribution in [2.24, 2.45) is 10.7 Å². The molecule has 154 valence electrons. The normalized spacial score (nSPS) is 16.6. The third kappa shape index (κ3) is 5.61. The van der Waals surface area contributed by atoms with Crippen molar-refractivity contribution in [3.63, 3.8) is 0 Å². The number of thioether (sulfide) groups is 1. The summed E-state index contributed by atoms with van der Waals surface area (Å²) >= 11 is 1.75. The minimum atomic E-state index is -0.503. The van der Waals surface area contributed by atoms with Crippen LogP contribution in [0.25, 0.3) is 0 Å². The molecule has 1 amide bonds. The highest BCUT2D eigenvalue weighted by molar-refractivity contribution is 8.03. The molecule has 1 saturated heterocycles. The minimum absolute atomic E-state index is 0.302. The largest absolute Gasteiger partial charge is 0.461 e. The number of fused-ring (bicyclic) bond motifs is 1. The second-order valence-corrected chi connectivity index (χ2v) is 8.84. The van der Waals surface area contributed by atoms with E-state index in [1.54, 1.807) is 42.1 Å². The van der Waals surface area contributed by atoms with Gasteiger partial charge in [-0.25, -0.2) is 9.79 Å². The monoisotopic (exact) mass is 414 g/mol. The summed E-state index contributed by atoms with van der Waals surface area (Å²) in [6.07, 6.45) is 3.19. The van der Waals surface area contributed by atoms with Crippen molar-refractivity contribution in [2.75, 3.05) is 32.4 Å². The summed E-state index contributed by atoms with van der Waals surface area (Å²) in [5.74, 6) is 1.77. The summed E-state index contributed by atoms with van der Waals surface area (Å²) in [4.78, 5) is 21.4. The SMILES string of the molecule is CN(CCN1CCSC2=CC(N=C(N)c3ccco3)=C=C=C21)C(=O)OC(C)(C)C. The second kappa shape index (κ2) is 8.70. The van der Waals surface area contributed by atoms with Gasteiger partial charge in [-0.05, 0) is 50.4 Å². The third-order valence-corrected chi connectivity index (χ3v) is 5.18. The molecule has 2 aliphatic rings. The maximum absolute atomic E-state index is 12.2. The van der Waals surface area contributed by atoms with Crippen LogP contribution in [0.5, 0.6) is 0 Å².